The first-order valence-electron chi connectivity index (χ1n) is 8.53. The largest absolute Gasteiger partial charge is 0.323 e. The number of halogens is 2. The van der Waals surface area contributed by atoms with Crippen molar-refractivity contribution < 1.29 is 9.59 Å². The van der Waals surface area contributed by atoms with E-state index in [9.17, 15) is 9.59 Å². The number of hydrazone groups is 1. The van der Waals surface area contributed by atoms with E-state index >= 15 is 0 Å². The van der Waals surface area contributed by atoms with Crippen molar-refractivity contribution in [1.29, 1.82) is 0 Å². The molecule has 0 unspecified atom stereocenters. The Morgan fingerprint density at radius 3 is 2.14 bits per heavy atom. The number of urea groups is 1. The van der Waals surface area contributed by atoms with E-state index in [1.165, 1.54) is 6.21 Å². The molecule has 0 heterocycles. The molecular weight excluding hydrogens is 411 g/mol. The Balaban J connectivity index is 1.54. The van der Waals surface area contributed by atoms with E-state index in [2.05, 4.69) is 21.2 Å². The molecule has 0 atom stereocenters. The number of hydrogen-bond acceptors (Lipinski definition) is 3. The van der Waals surface area contributed by atoms with E-state index in [0.717, 1.165) is 0 Å². The van der Waals surface area contributed by atoms with Crippen LogP contribution in [0.4, 0.5) is 16.2 Å². The summed E-state index contributed by atoms with van der Waals surface area (Å²) in [4.78, 5) is 24.2. The molecule has 3 aromatic rings. The molecule has 0 saturated heterocycles. The van der Waals surface area contributed by atoms with Gasteiger partial charge in [0.1, 0.15) is 0 Å². The van der Waals surface area contributed by atoms with Crippen LogP contribution in [0, 0.1) is 0 Å². The van der Waals surface area contributed by atoms with Crippen LogP contribution in [0.2, 0.25) is 10.0 Å². The molecule has 3 amide bonds. The molecular formula is C21H16Cl2N4O2. The molecule has 0 saturated carbocycles. The number of nitrogens with one attached hydrogen (secondary N) is 3. The van der Waals surface area contributed by atoms with Gasteiger partial charge < -0.3 is 10.6 Å². The van der Waals surface area contributed by atoms with Crippen LogP contribution in [0.3, 0.4) is 0 Å². The summed E-state index contributed by atoms with van der Waals surface area (Å²) in [6.45, 7) is 0. The Labute approximate surface area is 177 Å². The number of amides is 3. The molecule has 0 spiro atoms. The summed E-state index contributed by atoms with van der Waals surface area (Å²) < 4.78 is 0. The van der Waals surface area contributed by atoms with Gasteiger partial charge in [-0.05, 0) is 48.5 Å². The Bertz CT molecular complexity index is 1040. The minimum Gasteiger partial charge on any atom is -0.308 e. The van der Waals surface area contributed by atoms with Crippen molar-refractivity contribution in [3.63, 3.8) is 0 Å². The zero-order valence-corrected chi connectivity index (χ0v) is 16.5. The number of anilines is 2. The molecule has 0 aliphatic heterocycles. The van der Waals surface area contributed by atoms with E-state index in [-0.39, 0.29) is 6.03 Å². The van der Waals surface area contributed by atoms with Crippen molar-refractivity contribution >= 4 is 52.7 Å². The second-order valence-electron chi connectivity index (χ2n) is 5.89. The molecule has 8 heteroatoms. The molecule has 0 bridgehead atoms. The highest BCUT2D eigenvalue weighted by Crippen LogP contribution is 2.19. The van der Waals surface area contributed by atoms with Crippen molar-refractivity contribution in [2.24, 2.45) is 5.10 Å². The highest BCUT2D eigenvalue weighted by Gasteiger charge is 2.06. The van der Waals surface area contributed by atoms with Crippen molar-refractivity contribution in [2.45, 2.75) is 0 Å². The van der Waals surface area contributed by atoms with Crippen LogP contribution in [0.5, 0.6) is 0 Å². The molecule has 146 valence electrons. The fraction of sp³-hybridized carbons (Fsp3) is 0. The molecule has 0 aliphatic rings. The van der Waals surface area contributed by atoms with Gasteiger partial charge in [0.2, 0.25) is 0 Å². The SMILES string of the molecule is O=C(Nc1ccccc1)Nc1ccc(C(=O)NN=Cc2ccc(Cl)cc2Cl)cc1. The predicted octanol–water partition coefficient (Wildman–Crippen LogP) is 5.40. The summed E-state index contributed by atoms with van der Waals surface area (Å²) in [6.07, 6.45) is 1.43. The van der Waals surface area contributed by atoms with Gasteiger partial charge in [0, 0.05) is 27.5 Å². The quantitative estimate of drug-likeness (QED) is 0.376. The van der Waals surface area contributed by atoms with Gasteiger partial charge in [-0.15, -0.1) is 0 Å². The first-order chi connectivity index (χ1) is 14.0. The van der Waals surface area contributed by atoms with Gasteiger partial charge in [0.15, 0.2) is 0 Å². The fourth-order valence-electron chi connectivity index (χ4n) is 2.35. The average molecular weight is 427 g/mol. The number of para-hydroxylation sites is 1. The number of hydrogen-bond donors (Lipinski definition) is 3. The van der Waals surface area contributed by atoms with Gasteiger partial charge in [-0.1, -0.05) is 47.5 Å². The van der Waals surface area contributed by atoms with Gasteiger partial charge in [-0.2, -0.15) is 5.10 Å². The van der Waals surface area contributed by atoms with Crippen LogP contribution in [0.25, 0.3) is 0 Å². The number of rotatable bonds is 5. The van der Waals surface area contributed by atoms with E-state index in [4.69, 9.17) is 23.2 Å². The van der Waals surface area contributed by atoms with Crippen LogP contribution < -0.4 is 16.1 Å². The van der Waals surface area contributed by atoms with Gasteiger partial charge in [-0.3, -0.25) is 4.79 Å². The molecule has 3 aromatic carbocycles. The predicted molar refractivity (Wildman–Crippen MR) is 117 cm³/mol. The maximum atomic E-state index is 12.2. The van der Waals surface area contributed by atoms with Crippen LogP contribution in [0.15, 0.2) is 77.9 Å². The summed E-state index contributed by atoms with van der Waals surface area (Å²) in [6, 6.07) is 20.1. The Hall–Kier alpha value is -3.35. The minimum atomic E-state index is -0.397. The third-order valence-electron chi connectivity index (χ3n) is 3.77. The third kappa shape index (κ3) is 6.07. The van der Waals surface area contributed by atoms with Crippen LogP contribution in [-0.2, 0) is 0 Å². The minimum absolute atomic E-state index is 0.377. The lowest BCUT2D eigenvalue weighted by Gasteiger charge is -2.08. The zero-order valence-electron chi connectivity index (χ0n) is 15.0. The Kier molecular flexibility index (Phi) is 6.84. The van der Waals surface area contributed by atoms with Crippen LogP contribution in [-0.4, -0.2) is 18.2 Å². The smallest absolute Gasteiger partial charge is 0.308 e. The van der Waals surface area contributed by atoms with Crippen molar-refractivity contribution in [1.82, 2.24) is 5.43 Å². The Morgan fingerprint density at radius 1 is 0.828 bits per heavy atom. The maximum absolute atomic E-state index is 12.2. The lowest BCUT2D eigenvalue weighted by atomic mass is 10.2. The molecule has 0 aromatic heterocycles. The molecule has 3 N–H and O–H groups in total. The zero-order chi connectivity index (χ0) is 20.6. The van der Waals surface area contributed by atoms with Gasteiger partial charge in [0.05, 0.1) is 11.2 Å². The lowest BCUT2D eigenvalue weighted by Crippen LogP contribution is -2.20. The van der Waals surface area contributed by atoms with Crippen molar-refractivity contribution in [3.05, 3.63) is 94.0 Å². The van der Waals surface area contributed by atoms with E-state index in [1.54, 1.807) is 54.6 Å². The highest BCUT2D eigenvalue weighted by atomic mass is 35.5. The molecule has 29 heavy (non-hydrogen) atoms. The molecule has 0 fully saturated rings. The number of carbonyl (C=O) groups is 2. The van der Waals surface area contributed by atoms with Gasteiger partial charge in [-0.25, -0.2) is 10.2 Å². The second-order valence-corrected chi connectivity index (χ2v) is 6.73. The average Bonchev–Trinajstić information content (AvgIpc) is 2.71. The van der Waals surface area contributed by atoms with Crippen molar-refractivity contribution in [2.75, 3.05) is 10.6 Å². The highest BCUT2D eigenvalue weighted by molar-refractivity contribution is 6.36. The third-order valence-corrected chi connectivity index (χ3v) is 4.33. The maximum Gasteiger partial charge on any atom is 0.323 e. The normalized spacial score (nSPS) is 10.6. The van der Waals surface area contributed by atoms with E-state index in [0.29, 0.717) is 32.5 Å². The standard InChI is InChI=1S/C21H16Cl2N4O2/c22-16-9-6-15(19(23)12-16)13-24-27-20(28)14-7-10-18(11-8-14)26-21(29)25-17-4-2-1-3-5-17/h1-13H,(H,27,28)(H2,25,26,29). The molecule has 0 radical (unpaired) electrons. The monoisotopic (exact) mass is 426 g/mol. The van der Waals surface area contributed by atoms with Gasteiger partial charge >= 0.3 is 6.03 Å². The number of carbonyl (C=O) groups excluding carboxylic acids is 2. The summed E-state index contributed by atoms with van der Waals surface area (Å²) in [7, 11) is 0. The Morgan fingerprint density at radius 2 is 1.48 bits per heavy atom. The fourth-order valence-corrected chi connectivity index (χ4v) is 2.81. The first-order valence-corrected chi connectivity index (χ1v) is 9.28. The van der Waals surface area contributed by atoms with Crippen molar-refractivity contribution in [3.8, 4) is 0 Å². The van der Waals surface area contributed by atoms with Crippen LogP contribution >= 0.6 is 23.2 Å². The summed E-state index contributed by atoms with van der Waals surface area (Å²) in [5.74, 6) is -0.397. The summed E-state index contributed by atoms with van der Waals surface area (Å²) >= 11 is 11.9. The van der Waals surface area contributed by atoms with Crippen LogP contribution in [0.1, 0.15) is 15.9 Å². The number of nitrogens with zero attached hydrogens (tertiary/aromatic N) is 1. The summed E-state index contributed by atoms with van der Waals surface area (Å²) in [5, 5.41) is 10.2. The summed E-state index contributed by atoms with van der Waals surface area (Å²) in [5.41, 5.74) is 4.66. The molecule has 0 aliphatic carbocycles. The van der Waals surface area contributed by atoms with E-state index < -0.39 is 5.91 Å². The molecule has 6 nitrogen and oxygen atoms in total. The first kappa shape index (κ1) is 20.4. The van der Waals surface area contributed by atoms with E-state index in [1.807, 2.05) is 18.2 Å². The number of benzene rings is 3. The van der Waals surface area contributed by atoms with Gasteiger partial charge in [0.25, 0.3) is 5.91 Å². The lowest BCUT2D eigenvalue weighted by molar-refractivity contribution is 0.0955. The topological polar surface area (TPSA) is 82.6 Å². The second kappa shape index (κ2) is 9.73. The molecule has 3 rings (SSSR count).